The number of alkyl carbamates (subject to hydrolysis) is 1. The summed E-state index contributed by atoms with van der Waals surface area (Å²) in [5.74, 6) is -1.25. The topological polar surface area (TPSA) is 95.9 Å². The average molecular weight is 451 g/mol. The number of aliphatic carboxylic acids is 1. The SMILES string of the molecule is CC[C@H](CC(=O)N1CCCCC1C(=O)O)NC(=O)OCC1c2ccccc2-c2ccccc21. The van der Waals surface area contributed by atoms with E-state index in [0.717, 1.165) is 35.1 Å². The van der Waals surface area contributed by atoms with Crippen molar-refractivity contribution in [3.8, 4) is 11.1 Å². The van der Waals surface area contributed by atoms with Crippen LogP contribution in [0.1, 0.15) is 56.1 Å². The molecule has 2 aromatic carbocycles. The Morgan fingerprint density at radius 3 is 2.30 bits per heavy atom. The average Bonchev–Trinajstić information content (AvgIpc) is 3.16. The molecule has 1 saturated heterocycles. The molecule has 33 heavy (non-hydrogen) atoms. The first kappa shape index (κ1) is 22.8. The summed E-state index contributed by atoms with van der Waals surface area (Å²) in [5, 5.41) is 12.2. The molecule has 174 valence electrons. The van der Waals surface area contributed by atoms with Crippen LogP contribution in [0, 0.1) is 0 Å². The van der Waals surface area contributed by atoms with Crippen LogP contribution in [0.5, 0.6) is 0 Å². The Labute approximate surface area is 193 Å². The van der Waals surface area contributed by atoms with E-state index in [4.69, 9.17) is 4.74 Å². The van der Waals surface area contributed by atoms with Crippen molar-refractivity contribution in [2.75, 3.05) is 13.2 Å². The van der Waals surface area contributed by atoms with Crippen LogP contribution in [0.3, 0.4) is 0 Å². The maximum atomic E-state index is 12.8. The Balaban J connectivity index is 1.35. The molecular formula is C26H30N2O5. The van der Waals surface area contributed by atoms with Crippen molar-refractivity contribution >= 4 is 18.0 Å². The van der Waals surface area contributed by atoms with Crippen LogP contribution in [-0.4, -0.2) is 53.2 Å². The van der Waals surface area contributed by atoms with Gasteiger partial charge in [-0.1, -0.05) is 55.5 Å². The smallest absolute Gasteiger partial charge is 0.407 e. The number of carbonyl (C=O) groups excluding carboxylic acids is 2. The lowest BCUT2D eigenvalue weighted by Crippen LogP contribution is -2.50. The molecule has 1 heterocycles. The van der Waals surface area contributed by atoms with Gasteiger partial charge < -0.3 is 20.1 Å². The maximum Gasteiger partial charge on any atom is 0.407 e. The van der Waals surface area contributed by atoms with E-state index in [2.05, 4.69) is 29.6 Å². The number of hydrogen-bond acceptors (Lipinski definition) is 4. The molecule has 1 aliphatic carbocycles. The summed E-state index contributed by atoms with van der Waals surface area (Å²) in [4.78, 5) is 38.3. The lowest BCUT2D eigenvalue weighted by molar-refractivity contribution is -0.152. The fourth-order valence-electron chi connectivity index (χ4n) is 4.92. The second kappa shape index (κ2) is 10.1. The summed E-state index contributed by atoms with van der Waals surface area (Å²) in [6, 6.07) is 15.1. The summed E-state index contributed by atoms with van der Waals surface area (Å²) >= 11 is 0. The first-order chi connectivity index (χ1) is 16.0. The Hall–Kier alpha value is -3.35. The number of nitrogens with zero attached hydrogens (tertiary/aromatic N) is 1. The number of likely N-dealkylation sites (tertiary alicyclic amines) is 1. The lowest BCUT2D eigenvalue weighted by Gasteiger charge is -2.34. The first-order valence-electron chi connectivity index (χ1n) is 11.6. The minimum absolute atomic E-state index is 0.0328. The number of benzene rings is 2. The molecule has 2 amide bonds. The highest BCUT2D eigenvalue weighted by molar-refractivity contribution is 5.84. The Kier molecular flexibility index (Phi) is 6.96. The minimum atomic E-state index is -0.972. The molecule has 2 aliphatic rings. The number of carboxylic acid groups (broad SMARTS) is 1. The molecule has 0 bridgehead atoms. The summed E-state index contributed by atoms with van der Waals surface area (Å²) in [5.41, 5.74) is 4.60. The number of fused-ring (bicyclic) bond motifs is 3. The first-order valence-corrected chi connectivity index (χ1v) is 11.6. The van der Waals surface area contributed by atoms with Crippen molar-refractivity contribution in [2.24, 2.45) is 0 Å². The van der Waals surface area contributed by atoms with Crippen molar-refractivity contribution in [1.82, 2.24) is 10.2 Å². The fraction of sp³-hybridized carbons (Fsp3) is 0.423. The van der Waals surface area contributed by atoms with Gasteiger partial charge in [-0.25, -0.2) is 9.59 Å². The number of piperidine rings is 1. The van der Waals surface area contributed by atoms with E-state index >= 15 is 0 Å². The lowest BCUT2D eigenvalue weighted by atomic mass is 9.98. The third kappa shape index (κ3) is 4.87. The van der Waals surface area contributed by atoms with Crippen LogP contribution >= 0.6 is 0 Å². The second-order valence-electron chi connectivity index (χ2n) is 8.72. The molecule has 2 aromatic rings. The molecule has 1 unspecified atom stereocenters. The van der Waals surface area contributed by atoms with Gasteiger partial charge in [0.25, 0.3) is 0 Å². The number of nitrogens with one attached hydrogen (secondary N) is 1. The Morgan fingerprint density at radius 1 is 1.06 bits per heavy atom. The van der Waals surface area contributed by atoms with Crippen molar-refractivity contribution < 1.29 is 24.2 Å². The third-order valence-corrected chi connectivity index (χ3v) is 6.69. The molecule has 0 aromatic heterocycles. The molecular weight excluding hydrogens is 420 g/mol. The normalized spacial score (nSPS) is 18.2. The maximum absolute atomic E-state index is 12.8. The number of carboxylic acids is 1. The van der Waals surface area contributed by atoms with E-state index in [1.54, 1.807) is 0 Å². The zero-order valence-corrected chi connectivity index (χ0v) is 18.8. The van der Waals surface area contributed by atoms with Gasteiger partial charge in [-0.15, -0.1) is 0 Å². The predicted molar refractivity (Wildman–Crippen MR) is 124 cm³/mol. The Bertz CT molecular complexity index is 991. The molecule has 4 rings (SSSR count). The fourth-order valence-corrected chi connectivity index (χ4v) is 4.92. The molecule has 7 nitrogen and oxygen atoms in total. The van der Waals surface area contributed by atoms with Crippen LogP contribution in [0.2, 0.25) is 0 Å². The number of rotatable bonds is 7. The second-order valence-corrected chi connectivity index (χ2v) is 8.72. The Morgan fingerprint density at radius 2 is 1.70 bits per heavy atom. The number of hydrogen-bond donors (Lipinski definition) is 2. The number of carbonyl (C=O) groups is 3. The molecule has 1 fully saturated rings. The van der Waals surface area contributed by atoms with Gasteiger partial charge in [-0.2, -0.15) is 0 Å². The molecule has 1 aliphatic heterocycles. The van der Waals surface area contributed by atoms with Gasteiger partial charge in [-0.3, -0.25) is 4.79 Å². The van der Waals surface area contributed by atoms with Crippen LogP contribution in [0.25, 0.3) is 11.1 Å². The molecule has 7 heteroatoms. The largest absolute Gasteiger partial charge is 0.480 e. The standard InChI is InChI=1S/C26H30N2O5/c1-2-17(15-24(29)28-14-8-7-13-23(28)25(30)31)27-26(32)33-16-22-20-11-5-3-9-18(20)19-10-4-6-12-21(19)22/h3-6,9-12,17,22-23H,2,7-8,13-16H2,1H3,(H,27,32)(H,30,31)/t17-,23?/m1/s1. The molecule has 2 atom stereocenters. The van der Waals surface area contributed by atoms with Gasteiger partial charge in [0.2, 0.25) is 5.91 Å². The molecule has 0 radical (unpaired) electrons. The molecule has 2 N–H and O–H groups in total. The van der Waals surface area contributed by atoms with Crippen LogP contribution in [-0.2, 0) is 14.3 Å². The van der Waals surface area contributed by atoms with Crippen molar-refractivity contribution in [3.63, 3.8) is 0 Å². The number of ether oxygens (including phenoxy) is 1. The van der Waals surface area contributed by atoms with Gasteiger partial charge in [0.1, 0.15) is 12.6 Å². The zero-order valence-electron chi connectivity index (χ0n) is 18.8. The monoisotopic (exact) mass is 450 g/mol. The molecule has 0 saturated carbocycles. The summed E-state index contributed by atoms with van der Waals surface area (Å²) in [6.07, 6.45) is 2.11. The van der Waals surface area contributed by atoms with Crippen LogP contribution < -0.4 is 5.32 Å². The van der Waals surface area contributed by atoms with Crippen molar-refractivity contribution in [3.05, 3.63) is 59.7 Å². The van der Waals surface area contributed by atoms with E-state index in [9.17, 15) is 19.5 Å². The highest BCUT2D eigenvalue weighted by atomic mass is 16.5. The van der Waals surface area contributed by atoms with E-state index in [1.165, 1.54) is 4.90 Å². The summed E-state index contributed by atoms with van der Waals surface area (Å²) < 4.78 is 5.59. The van der Waals surface area contributed by atoms with Crippen LogP contribution in [0.4, 0.5) is 4.79 Å². The number of amides is 2. The highest BCUT2D eigenvalue weighted by Gasteiger charge is 2.33. The van der Waals surface area contributed by atoms with Gasteiger partial charge in [-0.05, 0) is 47.9 Å². The highest BCUT2D eigenvalue weighted by Crippen LogP contribution is 2.44. The predicted octanol–water partition coefficient (Wildman–Crippen LogP) is 4.16. The minimum Gasteiger partial charge on any atom is -0.480 e. The van der Waals surface area contributed by atoms with Crippen LogP contribution in [0.15, 0.2) is 48.5 Å². The van der Waals surface area contributed by atoms with Gasteiger partial charge in [0.05, 0.1) is 0 Å². The quantitative estimate of drug-likeness (QED) is 0.660. The van der Waals surface area contributed by atoms with E-state index in [-0.39, 0.29) is 24.9 Å². The zero-order chi connectivity index (χ0) is 23.4. The van der Waals surface area contributed by atoms with Gasteiger partial charge in [0, 0.05) is 24.9 Å². The van der Waals surface area contributed by atoms with E-state index in [0.29, 0.717) is 19.4 Å². The summed E-state index contributed by atoms with van der Waals surface area (Å²) in [7, 11) is 0. The summed E-state index contributed by atoms with van der Waals surface area (Å²) in [6.45, 7) is 2.53. The van der Waals surface area contributed by atoms with Crippen molar-refractivity contribution in [2.45, 2.75) is 57.0 Å². The van der Waals surface area contributed by atoms with Gasteiger partial charge >= 0.3 is 12.1 Å². The van der Waals surface area contributed by atoms with E-state index < -0.39 is 24.1 Å². The molecule has 0 spiro atoms. The third-order valence-electron chi connectivity index (χ3n) is 6.69. The van der Waals surface area contributed by atoms with Crippen molar-refractivity contribution in [1.29, 1.82) is 0 Å². The van der Waals surface area contributed by atoms with E-state index in [1.807, 2.05) is 31.2 Å². The van der Waals surface area contributed by atoms with Gasteiger partial charge in [0.15, 0.2) is 0 Å².